The highest BCUT2D eigenvalue weighted by molar-refractivity contribution is 5.85. The number of nitrogens with two attached hydrogens (primary N) is 1. The summed E-state index contributed by atoms with van der Waals surface area (Å²) in [5.74, 6) is -0.571. The van der Waals surface area contributed by atoms with Gasteiger partial charge in [-0.1, -0.05) is 13.3 Å². The van der Waals surface area contributed by atoms with Gasteiger partial charge in [0.15, 0.2) is 0 Å². The second-order valence-electron chi connectivity index (χ2n) is 4.08. The van der Waals surface area contributed by atoms with Crippen LogP contribution < -0.4 is 5.73 Å². The molecule has 0 heterocycles. The van der Waals surface area contributed by atoms with E-state index in [0.717, 1.165) is 11.3 Å². The summed E-state index contributed by atoms with van der Waals surface area (Å²) >= 11 is 0. The van der Waals surface area contributed by atoms with Gasteiger partial charge in [0, 0.05) is 20.2 Å². The molecule has 0 aliphatic heterocycles. The van der Waals surface area contributed by atoms with Crippen LogP contribution in [0.25, 0.3) is 0 Å². The molecule has 0 aromatic heterocycles. The van der Waals surface area contributed by atoms with Gasteiger partial charge in [0.2, 0.25) is 5.91 Å². The molecule has 0 spiro atoms. The van der Waals surface area contributed by atoms with Gasteiger partial charge in [-0.2, -0.15) is 13.2 Å². The van der Waals surface area contributed by atoms with Crippen molar-refractivity contribution in [1.82, 2.24) is 4.90 Å². The number of rotatable bonds is 8. The molecule has 0 bridgehead atoms. The number of carbonyl (C=O) groups is 1. The quantitative estimate of drug-likeness (QED) is 0.746. The van der Waals surface area contributed by atoms with E-state index in [0.29, 0.717) is 6.42 Å². The molecule has 1 atom stereocenters. The van der Waals surface area contributed by atoms with Crippen molar-refractivity contribution in [2.75, 3.05) is 26.7 Å². The van der Waals surface area contributed by atoms with E-state index in [9.17, 15) is 18.0 Å². The third-order valence-corrected chi connectivity index (χ3v) is 2.50. The topological polar surface area (TPSA) is 55.6 Å². The molecule has 4 nitrogen and oxygen atoms in total. The molecule has 0 saturated heterocycles. The fraction of sp³-hybridized carbons (Fsp3) is 0.909. The molecule has 0 fully saturated rings. The van der Waals surface area contributed by atoms with Crippen molar-refractivity contribution in [2.45, 2.75) is 38.5 Å². The predicted octanol–water partition coefficient (Wildman–Crippen LogP) is 1.96. The smallest absolute Gasteiger partial charge is 0.380 e. The van der Waals surface area contributed by atoms with Crippen molar-refractivity contribution in [2.24, 2.45) is 5.73 Å². The molecule has 0 aliphatic rings. The third kappa shape index (κ3) is 9.98. The SMILES string of the molecule is CCCCN(CC(F)(F)F)C(=O)CC(CN)OC.Cl. The first-order chi connectivity index (χ1) is 8.34. The number of hydrogen-bond donors (Lipinski definition) is 1. The zero-order valence-corrected chi connectivity index (χ0v) is 12.0. The summed E-state index contributed by atoms with van der Waals surface area (Å²) in [4.78, 5) is 12.6. The molecule has 2 N–H and O–H groups in total. The van der Waals surface area contributed by atoms with E-state index in [4.69, 9.17) is 10.5 Å². The lowest BCUT2D eigenvalue weighted by atomic mass is 10.2. The molecule has 1 unspecified atom stereocenters. The number of amides is 1. The molecule has 0 saturated carbocycles. The second-order valence-corrected chi connectivity index (χ2v) is 4.08. The molecule has 1 amide bonds. The van der Waals surface area contributed by atoms with E-state index in [1.54, 1.807) is 0 Å². The maximum Gasteiger partial charge on any atom is 0.406 e. The molecule has 19 heavy (non-hydrogen) atoms. The lowest BCUT2D eigenvalue weighted by Gasteiger charge is -2.25. The lowest BCUT2D eigenvalue weighted by molar-refractivity contribution is -0.162. The van der Waals surface area contributed by atoms with Gasteiger partial charge in [0.05, 0.1) is 12.5 Å². The number of ether oxygens (including phenoxy) is 1. The summed E-state index contributed by atoms with van der Waals surface area (Å²) in [5.41, 5.74) is 5.34. The van der Waals surface area contributed by atoms with Crippen molar-refractivity contribution in [1.29, 1.82) is 0 Å². The predicted molar refractivity (Wildman–Crippen MR) is 69.3 cm³/mol. The maximum absolute atomic E-state index is 12.3. The molecular weight excluding hydrogens is 285 g/mol. The molecule has 0 radical (unpaired) electrons. The Labute approximate surface area is 117 Å². The summed E-state index contributed by atoms with van der Waals surface area (Å²) < 4.78 is 41.9. The van der Waals surface area contributed by atoms with Gasteiger partial charge in [0.1, 0.15) is 6.54 Å². The zero-order valence-electron chi connectivity index (χ0n) is 11.2. The van der Waals surface area contributed by atoms with Crippen LogP contribution in [0.2, 0.25) is 0 Å². The van der Waals surface area contributed by atoms with Crippen molar-refractivity contribution >= 4 is 18.3 Å². The van der Waals surface area contributed by atoms with Crippen LogP contribution in [-0.4, -0.2) is 49.8 Å². The highest BCUT2D eigenvalue weighted by Gasteiger charge is 2.33. The molecule has 0 aromatic carbocycles. The average molecular weight is 307 g/mol. The fourth-order valence-electron chi connectivity index (χ4n) is 1.44. The highest BCUT2D eigenvalue weighted by atomic mass is 35.5. The number of alkyl halides is 3. The highest BCUT2D eigenvalue weighted by Crippen LogP contribution is 2.18. The van der Waals surface area contributed by atoms with E-state index in [1.807, 2.05) is 6.92 Å². The van der Waals surface area contributed by atoms with Crippen LogP contribution in [0.4, 0.5) is 13.2 Å². The third-order valence-electron chi connectivity index (χ3n) is 2.50. The van der Waals surface area contributed by atoms with Crippen LogP contribution in [0.5, 0.6) is 0 Å². The van der Waals surface area contributed by atoms with Crippen molar-refractivity contribution < 1.29 is 22.7 Å². The van der Waals surface area contributed by atoms with Crippen molar-refractivity contribution in [3.05, 3.63) is 0 Å². The lowest BCUT2D eigenvalue weighted by Crippen LogP contribution is -2.42. The van der Waals surface area contributed by atoms with Crippen LogP contribution in [0, 0.1) is 0 Å². The largest absolute Gasteiger partial charge is 0.406 e. The first-order valence-electron chi connectivity index (χ1n) is 5.91. The minimum atomic E-state index is -4.38. The fourth-order valence-corrected chi connectivity index (χ4v) is 1.44. The van der Waals surface area contributed by atoms with Crippen molar-refractivity contribution in [3.8, 4) is 0 Å². The molecule has 0 aromatic rings. The van der Waals surface area contributed by atoms with Crippen LogP contribution >= 0.6 is 12.4 Å². The van der Waals surface area contributed by atoms with Gasteiger partial charge in [-0.05, 0) is 6.42 Å². The van der Waals surface area contributed by atoms with E-state index >= 15 is 0 Å². The Morgan fingerprint density at radius 2 is 2.00 bits per heavy atom. The standard InChI is InChI=1S/C11H21F3N2O2.ClH/c1-3-4-5-16(8-11(12,13)14)10(17)6-9(7-15)18-2;/h9H,3-8,15H2,1-2H3;1H. The van der Waals surface area contributed by atoms with Gasteiger partial charge >= 0.3 is 6.18 Å². The minimum Gasteiger partial charge on any atom is -0.380 e. The number of methoxy groups -OCH3 is 1. The Balaban J connectivity index is 0. The molecular formula is C11H22ClF3N2O2. The number of halogens is 4. The number of nitrogens with zero attached hydrogens (tertiary/aromatic N) is 1. The van der Waals surface area contributed by atoms with Crippen molar-refractivity contribution in [3.63, 3.8) is 0 Å². The summed E-state index contributed by atoms with van der Waals surface area (Å²) in [6.45, 7) is 0.854. The van der Waals surface area contributed by atoms with Crippen LogP contribution in [0.15, 0.2) is 0 Å². The van der Waals surface area contributed by atoms with Crippen LogP contribution in [0.3, 0.4) is 0 Å². The molecule has 116 valence electrons. The van der Waals surface area contributed by atoms with Crippen LogP contribution in [-0.2, 0) is 9.53 Å². The summed E-state index contributed by atoms with van der Waals surface area (Å²) in [5, 5.41) is 0. The first kappa shape index (κ1) is 20.8. The summed E-state index contributed by atoms with van der Waals surface area (Å²) in [7, 11) is 1.38. The first-order valence-corrected chi connectivity index (χ1v) is 5.91. The zero-order chi connectivity index (χ0) is 14.2. The molecule has 8 heteroatoms. The molecule has 0 aliphatic carbocycles. The second kappa shape index (κ2) is 10.3. The summed E-state index contributed by atoms with van der Waals surface area (Å²) in [6, 6.07) is 0. The Bertz CT molecular complexity index is 249. The van der Waals surface area contributed by atoms with Gasteiger partial charge in [-0.3, -0.25) is 4.79 Å². The summed E-state index contributed by atoms with van der Waals surface area (Å²) in [6.07, 6.45) is -3.76. The number of unbranched alkanes of at least 4 members (excludes halogenated alkanes) is 1. The average Bonchev–Trinajstić information content (AvgIpc) is 2.29. The number of hydrogen-bond acceptors (Lipinski definition) is 3. The van der Waals surface area contributed by atoms with E-state index in [2.05, 4.69) is 0 Å². The van der Waals surface area contributed by atoms with Gasteiger partial charge in [-0.15, -0.1) is 12.4 Å². The van der Waals surface area contributed by atoms with Gasteiger partial charge in [-0.25, -0.2) is 0 Å². The number of carbonyl (C=O) groups excluding carboxylic acids is 1. The normalized spacial score (nSPS) is 12.7. The van der Waals surface area contributed by atoms with Gasteiger partial charge < -0.3 is 15.4 Å². The van der Waals surface area contributed by atoms with E-state index < -0.39 is 24.7 Å². The Morgan fingerprint density at radius 1 is 1.42 bits per heavy atom. The van der Waals surface area contributed by atoms with E-state index in [1.165, 1.54) is 7.11 Å². The maximum atomic E-state index is 12.3. The monoisotopic (exact) mass is 306 g/mol. The minimum absolute atomic E-state index is 0. The van der Waals surface area contributed by atoms with E-state index in [-0.39, 0.29) is 31.9 Å². The Hall–Kier alpha value is -0.530. The Morgan fingerprint density at radius 3 is 2.37 bits per heavy atom. The van der Waals surface area contributed by atoms with Gasteiger partial charge in [0.25, 0.3) is 0 Å². The Kier molecular flexibility index (Phi) is 11.2. The van der Waals surface area contributed by atoms with Crippen LogP contribution in [0.1, 0.15) is 26.2 Å². The molecule has 0 rings (SSSR count).